The van der Waals surface area contributed by atoms with Crippen molar-refractivity contribution in [2.45, 2.75) is 56.9 Å². The van der Waals surface area contributed by atoms with E-state index >= 15 is 4.39 Å². The highest BCUT2D eigenvalue weighted by molar-refractivity contribution is 5.93. The molecule has 3 N–H and O–H groups in total. The molecule has 0 amide bonds. The Balaban J connectivity index is 1.88. The summed E-state index contributed by atoms with van der Waals surface area (Å²) in [6.45, 7) is 6.46. The number of rotatable bonds is 2. The van der Waals surface area contributed by atoms with Gasteiger partial charge in [-0.2, -0.15) is 0 Å². The van der Waals surface area contributed by atoms with E-state index in [9.17, 15) is 24.9 Å². The molecule has 4 aliphatic rings. The Hall–Kier alpha value is -1.63. The van der Waals surface area contributed by atoms with E-state index in [-0.39, 0.29) is 30.6 Å². The summed E-state index contributed by atoms with van der Waals surface area (Å²) in [5, 5.41) is 31.8. The van der Waals surface area contributed by atoms with E-state index in [4.69, 9.17) is 0 Å². The number of halogens is 1. The number of hydrogen-bond donors (Lipinski definition) is 3. The molecular weight excluding hydrogens is 363 g/mol. The van der Waals surface area contributed by atoms with E-state index < -0.39 is 52.4 Å². The van der Waals surface area contributed by atoms with Gasteiger partial charge in [-0.05, 0) is 42.4 Å². The monoisotopic (exact) mass is 390 g/mol. The molecule has 0 radical (unpaired) electrons. The average molecular weight is 390 g/mol. The van der Waals surface area contributed by atoms with E-state index in [1.807, 2.05) is 0 Å². The number of ketones is 2. The topological polar surface area (TPSA) is 94.8 Å². The highest BCUT2D eigenvalue weighted by atomic mass is 19.1. The molecule has 4 rings (SSSR count). The molecule has 28 heavy (non-hydrogen) atoms. The van der Waals surface area contributed by atoms with Gasteiger partial charge >= 0.3 is 0 Å². The number of Topliss-reactive ketones (excluding diaryl/α,β-unsaturated/α-hetero) is 1. The van der Waals surface area contributed by atoms with Crippen molar-refractivity contribution < 1.29 is 29.3 Å². The molecule has 0 aliphatic heterocycles. The molecule has 0 aromatic heterocycles. The van der Waals surface area contributed by atoms with Crippen LogP contribution < -0.4 is 0 Å². The van der Waals surface area contributed by atoms with Crippen molar-refractivity contribution in [3.05, 3.63) is 36.0 Å². The second-order valence-electron chi connectivity index (χ2n) is 9.39. The minimum absolute atomic E-state index is 0.0496. The molecule has 0 aromatic carbocycles. The zero-order valence-electron chi connectivity index (χ0n) is 16.2. The Kier molecular flexibility index (Phi) is 4.01. The lowest BCUT2D eigenvalue weighted by Gasteiger charge is -2.61. The summed E-state index contributed by atoms with van der Waals surface area (Å²) in [6, 6.07) is 0. The largest absolute Gasteiger partial charge is 0.390 e. The predicted molar refractivity (Wildman–Crippen MR) is 99.9 cm³/mol. The number of alkyl halides is 1. The number of carbonyl (C=O) groups excluding carboxylic acids is 2. The Bertz CT molecular complexity index is 846. The molecule has 152 valence electrons. The van der Waals surface area contributed by atoms with E-state index in [2.05, 4.69) is 6.58 Å². The number of carbonyl (C=O) groups is 2. The lowest BCUT2D eigenvalue weighted by atomic mass is 9.45. The standard InChI is InChI=1S/C22H27FO5/c1-12-8-16-15-5-4-13-9-14(25)6-7-19(13,2)21(15,23)17(26)10-20(16,3)22(12,28)18(27)11-24/h4-5,9,15-17,24,26,28H,1,6-8,10-11H2,2-3H3/t15-,16-,17-,19-,20-,21-,22-/m0/s1. The zero-order valence-corrected chi connectivity index (χ0v) is 16.2. The summed E-state index contributed by atoms with van der Waals surface area (Å²) < 4.78 is 16.8. The Morgan fingerprint density at radius 1 is 1.39 bits per heavy atom. The second-order valence-corrected chi connectivity index (χ2v) is 9.39. The predicted octanol–water partition coefficient (Wildman–Crippen LogP) is 1.82. The molecule has 4 aliphatic carbocycles. The smallest absolute Gasteiger partial charge is 0.194 e. The van der Waals surface area contributed by atoms with Crippen LogP contribution in [0.25, 0.3) is 0 Å². The normalized spacial score (nSPS) is 49.9. The first-order valence-corrected chi connectivity index (χ1v) is 9.82. The van der Waals surface area contributed by atoms with E-state index in [0.29, 0.717) is 12.0 Å². The van der Waals surface area contributed by atoms with Crippen LogP contribution in [0.3, 0.4) is 0 Å². The van der Waals surface area contributed by atoms with Gasteiger partial charge in [0.2, 0.25) is 0 Å². The maximum atomic E-state index is 16.8. The van der Waals surface area contributed by atoms with E-state index in [1.165, 1.54) is 6.08 Å². The molecular formula is C22H27FO5. The third-order valence-corrected chi connectivity index (χ3v) is 8.34. The van der Waals surface area contributed by atoms with Gasteiger partial charge in [0.25, 0.3) is 0 Å². The van der Waals surface area contributed by atoms with Crippen molar-refractivity contribution >= 4 is 11.6 Å². The van der Waals surface area contributed by atoms with Gasteiger partial charge in [-0.1, -0.05) is 32.6 Å². The minimum Gasteiger partial charge on any atom is -0.390 e. The quantitative estimate of drug-likeness (QED) is 0.625. The fraction of sp³-hybridized carbons (Fsp3) is 0.636. The van der Waals surface area contributed by atoms with Crippen LogP contribution in [0.4, 0.5) is 4.39 Å². The van der Waals surface area contributed by atoms with Gasteiger partial charge in [0, 0.05) is 23.2 Å². The number of aliphatic hydroxyl groups excluding tert-OH is 2. The highest BCUT2D eigenvalue weighted by Gasteiger charge is 2.74. The van der Waals surface area contributed by atoms with Gasteiger partial charge in [-0.3, -0.25) is 9.59 Å². The molecule has 0 spiro atoms. The SMILES string of the molecule is C=C1C[C@H]2[C@@H]3C=CC4=CC(=O)CC[C@]4(C)[C@@]3(F)[C@@H](O)C[C@]2(C)[C@@]1(O)C(=O)CO. The molecule has 6 heteroatoms. The summed E-state index contributed by atoms with van der Waals surface area (Å²) >= 11 is 0. The third kappa shape index (κ3) is 1.96. The number of fused-ring (bicyclic) bond motifs is 5. The fourth-order valence-electron chi connectivity index (χ4n) is 6.61. The van der Waals surface area contributed by atoms with E-state index in [0.717, 1.165) is 0 Å². The van der Waals surface area contributed by atoms with Crippen molar-refractivity contribution in [3.8, 4) is 0 Å². The first kappa shape index (κ1) is 19.7. The molecule has 0 saturated heterocycles. The van der Waals surface area contributed by atoms with Gasteiger partial charge in [-0.25, -0.2) is 4.39 Å². The van der Waals surface area contributed by atoms with Crippen molar-refractivity contribution in [1.82, 2.24) is 0 Å². The maximum absolute atomic E-state index is 16.8. The van der Waals surface area contributed by atoms with Gasteiger partial charge in [0.05, 0.1) is 6.10 Å². The Morgan fingerprint density at radius 2 is 2.07 bits per heavy atom. The lowest BCUT2D eigenvalue weighted by Crippen LogP contribution is -2.68. The lowest BCUT2D eigenvalue weighted by molar-refractivity contribution is -0.207. The van der Waals surface area contributed by atoms with Gasteiger partial charge in [0.1, 0.15) is 6.61 Å². The van der Waals surface area contributed by atoms with Crippen LogP contribution >= 0.6 is 0 Å². The molecule has 7 atom stereocenters. The molecule has 0 heterocycles. The van der Waals surface area contributed by atoms with Crippen molar-refractivity contribution in [1.29, 1.82) is 0 Å². The molecule has 2 fully saturated rings. The van der Waals surface area contributed by atoms with Crippen LogP contribution in [0.2, 0.25) is 0 Å². The van der Waals surface area contributed by atoms with Crippen LogP contribution in [-0.2, 0) is 9.59 Å². The molecule has 0 unspecified atom stereocenters. The number of hydrogen-bond acceptors (Lipinski definition) is 5. The maximum Gasteiger partial charge on any atom is 0.194 e. The first-order valence-electron chi connectivity index (χ1n) is 9.82. The first-order chi connectivity index (χ1) is 13.0. The molecule has 0 bridgehead atoms. The number of aliphatic hydroxyl groups is 3. The van der Waals surface area contributed by atoms with Crippen LogP contribution in [-0.4, -0.2) is 50.9 Å². The molecule has 5 nitrogen and oxygen atoms in total. The summed E-state index contributed by atoms with van der Waals surface area (Å²) in [7, 11) is 0. The average Bonchev–Trinajstić information content (AvgIpc) is 2.84. The Labute approximate surface area is 163 Å². The second kappa shape index (κ2) is 5.71. The third-order valence-electron chi connectivity index (χ3n) is 8.34. The van der Waals surface area contributed by atoms with Gasteiger partial charge < -0.3 is 15.3 Å². The Morgan fingerprint density at radius 3 is 2.71 bits per heavy atom. The van der Waals surface area contributed by atoms with E-state index in [1.54, 1.807) is 26.0 Å². The van der Waals surface area contributed by atoms with Gasteiger partial charge in [-0.15, -0.1) is 0 Å². The summed E-state index contributed by atoms with van der Waals surface area (Å²) in [6.07, 6.45) is 4.10. The molecule has 0 aromatic rings. The van der Waals surface area contributed by atoms with Crippen molar-refractivity contribution in [3.63, 3.8) is 0 Å². The number of allylic oxidation sites excluding steroid dienone is 4. The zero-order chi connectivity index (χ0) is 20.7. The summed E-state index contributed by atoms with van der Waals surface area (Å²) in [4.78, 5) is 24.4. The molecule has 2 saturated carbocycles. The van der Waals surface area contributed by atoms with Crippen molar-refractivity contribution in [2.24, 2.45) is 22.7 Å². The highest BCUT2D eigenvalue weighted by Crippen LogP contribution is 2.69. The van der Waals surface area contributed by atoms with Crippen LogP contribution in [0, 0.1) is 22.7 Å². The summed E-state index contributed by atoms with van der Waals surface area (Å²) in [5.74, 6) is -2.02. The van der Waals surface area contributed by atoms with Gasteiger partial charge in [0.15, 0.2) is 22.8 Å². The summed E-state index contributed by atoms with van der Waals surface area (Å²) in [5.41, 5.74) is -5.34. The fourth-order valence-corrected chi connectivity index (χ4v) is 6.61. The van der Waals surface area contributed by atoms with Crippen LogP contribution in [0.5, 0.6) is 0 Å². The van der Waals surface area contributed by atoms with Crippen LogP contribution in [0.15, 0.2) is 36.0 Å². The van der Waals surface area contributed by atoms with Crippen molar-refractivity contribution in [2.75, 3.05) is 6.61 Å². The minimum atomic E-state index is -2.02. The van der Waals surface area contributed by atoms with Crippen LogP contribution in [0.1, 0.15) is 39.5 Å².